The second kappa shape index (κ2) is 59.2. The number of allylic oxidation sites excluding steroid dienone is 14. The average molecular weight is 990 g/mol. The zero-order chi connectivity index (χ0) is 51.4. The van der Waals surface area contributed by atoms with Crippen LogP contribution in [0, 0.1) is 0 Å². The Morgan fingerprint density at radius 3 is 0.873 bits per heavy atom. The van der Waals surface area contributed by atoms with E-state index in [0.717, 1.165) is 122 Å². The van der Waals surface area contributed by atoms with Gasteiger partial charge in [0.15, 0.2) is 6.10 Å². The first-order valence-electron chi connectivity index (χ1n) is 30.1. The van der Waals surface area contributed by atoms with Crippen LogP contribution in [0.5, 0.6) is 0 Å². The highest BCUT2D eigenvalue weighted by Gasteiger charge is 2.19. The van der Waals surface area contributed by atoms with Crippen LogP contribution in [-0.2, 0) is 28.6 Å². The Balaban J connectivity index is 4.38. The van der Waals surface area contributed by atoms with E-state index in [2.05, 4.69) is 106 Å². The van der Waals surface area contributed by atoms with E-state index in [1.165, 1.54) is 128 Å². The molecule has 0 aromatic carbocycles. The number of hydrogen-bond acceptors (Lipinski definition) is 6. The average Bonchev–Trinajstić information content (AvgIpc) is 3.37. The summed E-state index contributed by atoms with van der Waals surface area (Å²) < 4.78 is 16.9. The van der Waals surface area contributed by atoms with Crippen molar-refractivity contribution >= 4 is 17.9 Å². The van der Waals surface area contributed by atoms with Crippen molar-refractivity contribution in [1.82, 2.24) is 0 Å². The lowest BCUT2D eigenvalue weighted by Gasteiger charge is -2.18. The van der Waals surface area contributed by atoms with Gasteiger partial charge < -0.3 is 14.2 Å². The molecule has 0 fully saturated rings. The third kappa shape index (κ3) is 57.4. The standard InChI is InChI=1S/C65H112O6/c1-4-7-10-13-16-19-22-25-28-30-31-32-33-35-37-40-43-46-49-52-55-58-64(67)70-61-62(60-69-63(66)57-54-51-48-45-42-39-36-27-24-21-18-15-12-9-6-3)71-65(68)59-56-53-50-47-44-41-38-34-29-26-23-20-17-14-11-8-5-2/h8-9,11-12,17-18,20-21,26-27,29-31,36,62H,4-7,10,13-16,19,22-25,28,32-35,37-61H2,1-3H3/b11-8-,12-9-,20-17-,21-18-,29-26-,31-30-,36-27-. The molecule has 0 rings (SSSR count). The fourth-order valence-corrected chi connectivity index (χ4v) is 8.41. The SMILES string of the molecule is CC/C=C\C/C=C\C/C=C\CCCCCCCCCC(=O)OC(COC(=O)CCCCCCC/C=C\C/C=C\C/C=C\CC)COC(=O)CCCCCCCCCCC/C=C\CCCCCCCCCC. The van der Waals surface area contributed by atoms with Gasteiger partial charge in [0.05, 0.1) is 0 Å². The van der Waals surface area contributed by atoms with Gasteiger partial charge in [-0.25, -0.2) is 0 Å². The molecule has 0 aliphatic carbocycles. The van der Waals surface area contributed by atoms with Gasteiger partial charge in [0, 0.05) is 19.3 Å². The number of carbonyl (C=O) groups is 3. The first kappa shape index (κ1) is 67.6. The molecule has 0 aliphatic heterocycles. The lowest BCUT2D eigenvalue weighted by Crippen LogP contribution is -2.30. The van der Waals surface area contributed by atoms with Crippen molar-refractivity contribution in [3.63, 3.8) is 0 Å². The Kier molecular flexibility index (Phi) is 56.3. The van der Waals surface area contributed by atoms with Gasteiger partial charge in [-0.2, -0.15) is 0 Å². The Labute approximate surface area is 439 Å². The molecule has 0 saturated heterocycles. The van der Waals surface area contributed by atoms with E-state index in [0.29, 0.717) is 19.3 Å². The Morgan fingerprint density at radius 2 is 0.549 bits per heavy atom. The Morgan fingerprint density at radius 1 is 0.296 bits per heavy atom. The summed E-state index contributed by atoms with van der Waals surface area (Å²) in [5, 5.41) is 0. The molecule has 0 aliphatic rings. The molecule has 0 radical (unpaired) electrons. The molecule has 408 valence electrons. The van der Waals surface area contributed by atoms with Crippen LogP contribution >= 0.6 is 0 Å². The second-order valence-corrected chi connectivity index (χ2v) is 19.8. The molecule has 1 atom stereocenters. The van der Waals surface area contributed by atoms with E-state index < -0.39 is 6.10 Å². The topological polar surface area (TPSA) is 78.9 Å². The minimum atomic E-state index is -0.791. The van der Waals surface area contributed by atoms with Crippen molar-refractivity contribution in [2.75, 3.05) is 13.2 Å². The summed E-state index contributed by atoms with van der Waals surface area (Å²) in [7, 11) is 0. The summed E-state index contributed by atoms with van der Waals surface area (Å²) in [4.78, 5) is 38.2. The molecule has 6 heteroatoms. The fraction of sp³-hybridized carbons (Fsp3) is 0.738. The van der Waals surface area contributed by atoms with Crippen molar-refractivity contribution in [3.05, 3.63) is 85.1 Å². The van der Waals surface area contributed by atoms with Crippen LogP contribution in [0.1, 0.15) is 290 Å². The first-order valence-corrected chi connectivity index (χ1v) is 30.1. The van der Waals surface area contributed by atoms with Crippen LogP contribution in [0.2, 0.25) is 0 Å². The Hall–Kier alpha value is -3.41. The summed E-state index contributed by atoms with van der Waals surface area (Å²) in [6.07, 6.45) is 77.2. The van der Waals surface area contributed by atoms with Crippen molar-refractivity contribution in [3.8, 4) is 0 Å². The van der Waals surface area contributed by atoms with Gasteiger partial charge in [-0.1, -0.05) is 247 Å². The number of esters is 3. The molecule has 0 N–H and O–H groups in total. The molecule has 0 aromatic rings. The summed E-state index contributed by atoms with van der Waals surface area (Å²) in [6.45, 7) is 6.42. The minimum Gasteiger partial charge on any atom is -0.462 e. The zero-order valence-corrected chi connectivity index (χ0v) is 46.7. The van der Waals surface area contributed by atoms with Crippen LogP contribution in [0.4, 0.5) is 0 Å². The van der Waals surface area contributed by atoms with Gasteiger partial charge in [0.1, 0.15) is 13.2 Å². The van der Waals surface area contributed by atoms with E-state index in [1.807, 2.05) is 0 Å². The molecular weight excluding hydrogens is 877 g/mol. The number of ether oxygens (including phenoxy) is 3. The van der Waals surface area contributed by atoms with Crippen molar-refractivity contribution in [2.45, 2.75) is 297 Å². The van der Waals surface area contributed by atoms with Crippen LogP contribution in [-0.4, -0.2) is 37.2 Å². The lowest BCUT2D eigenvalue weighted by molar-refractivity contribution is -0.167. The highest BCUT2D eigenvalue weighted by Crippen LogP contribution is 2.16. The van der Waals surface area contributed by atoms with Crippen molar-refractivity contribution < 1.29 is 28.6 Å². The zero-order valence-electron chi connectivity index (χ0n) is 46.7. The highest BCUT2D eigenvalue weighted by molar-refractivity contribution is 5.71. The van der Waals surface area contributed by atoms with E-state index in [4.69, 9.17) is 14.2 Å². The quantitative estimate of drug-likeness (QED) is 0.0261. The minimum absolute atomic E-state index is 0.0868. The highest BCUT2D eigenvalue weighted by atomic mass is 16.6. The number of hydrogen-bond donors (Lipinski definition) is 0. The molecule has 71 heavy (non-hydrogen) atoms. The molecular formula is C65H112O6. The molecule has 0 saturated carbocycles. The van der Waals surface area contributed by atoms with Crippen LogP contribution < -0.4 is 0 Å². The first-order chi connectivity index (χ1) is 35.0. The predicted octanol–water partition coefficient (Wildman–Crippen LogP) is 20.3. The predicted molar refractivity (Wildman–Crippen MR) is 307 cm³/mol. The van der Waals surface area contributed by atoms with Crippen molar-refractivity contribution in [2.24, 2.45) is 0 Å². The van der Waals surface area contributed by atoms with Crippen LogP contribution in [0.15, 0.2) is 85.1 Å². The number of carbonyl (C=O) groups excluding carboxylic acids is 3. The van der Waals surface area contributed by atoms with E-state index >= 15 is 0 Å². The van der Waals surface area contributed by atoms with Crippen LogP contribution in [0.25, 0.3) is 0 Å². The molecule has 0 spiro atoms. The van der Waals surface area contributed by atoms with E-state index in [1.54, 1.807) is 0 Å². The lowest BCUT2D eigenvalue weighted by atomic mass is 10.1. The van der Waals surface area contributed by atoms with Gasteiger partial charge >= 0.3 is 17.9 Å². The van der Waals surface area contributed by atoms with Gasteiger partial charge in [0.2, 0.25) is 0 Å². The maximum atomic E-state index is 12.9. The summed E-state index contributed by atoms with van der Waals surface area (Å²) in [6, 6.07) is 0. The summed E-state index contributed by atoms with van der Waals surface area (Å²) in [5.41, 5.74) is 0. The number of rotatable bonds is 54. The molecule has 0 heterocycles. The normalized spacial score (nSPS) is 12.7. The second-order valence-electron chi connectivity index (χ2n) is 19.8. The van der Waals surface area contributed by atoms with Gasteiger partial charge in [-0.15, -0.1) is 0 Å². The van der Waals surface area contributed by atoms with Gasteiger partial charge in [-0.3, -0.25) is 14.4 Å². The third-order valence-electron chi connectivity index (χ3n) is 12.9. The monoisotopic (exact) mass is 989 g/mol. The van der Waals surface area contributed by atoms with Gasteiger partial charge in [0.25, 0.3) is 0 Å². The van der Waals surface area contributed by atoms with Crippen LogP contribution in [0.3, 0.4) is 0 Å². The molecule has 0 aromatic heterocycles. The Bertz CT molecular complexity index is 1370. The molecule has 6 nitrogen and oxygen atoms in total. The molecule has 0 amide bonds. The number of unbranched alkanes of at least 4 members (excludes halogenated alkanes) is 29. The van der Waals surface area contributed by atoms with E-state index in [-0.39, 0.29) is 31.1 Å². The molecule has 0 bridgehead atoms. The fourth-order valence-electron chi connectivity index (χ4n) is 8.41. The maximum absolute atomic E-state index is 12.9. The largest absolute Gasteiger partial charge is 0.462 e. The third-order valence-corrected chi connectivity index (χ3v) is 12.9. The smallest absolute Gasteiger partial charge is 0.306 e. The molecule has 1 unspecified atom stereocenters. The summed E-state index contributed by atoms with van der Waals surface area (Å²) in [5.74, 6) is -0.908. The van der Waals surface area contributed by atoms with Crippen molar-refractivity contribution in [1.29, 1.82) is 0 Å². The summed E-state index contributed by atoms with van der Waals surface area (Å²) >= 11 is 0. The van der Waals surface area contributed by atoms with E-state index in [9.17, 15) is 14.4 Å². The maximum Gasteiger partial charge on any atom is 0.306 e. The van der Waals surface area contributed by atoms with Gasteiger partial charge in [-0.05, 0) is 109 Å².